The monoisotopic (exact) mass is 399 g/mol. The molecule has 2 nitrogen and oxygen atoms in total. The van der Waals surface area contributed by atoms with Crippen LogP contribution in [-0.4, -0.2) is 5.91 Å². The molecule has 0 aliphatic heterocycles. The van der Waals surface area contributed by atoms with Crippen LogP contribution >= 0.6 is 44.5 Å². The van der Waals surface area contributed by atoms with Crippen molar-refractivity contribution < 1.29 is 4.79 Å². The van der Waals surface area contributed by atoms with E-state index in [1.165, 1.54) is 0 Å². The average molecular weight is 401 g/mol. The summed E-state index contributed by atoms with van der Waals surface area (Å²) in [6.07, 6.45) is 0. The van der Waals surface area contributed by atoms with Gasteiger partial charge in [0.15, 0.2) is 0 Å². The van der Waals surface area contributed by atoms with Gasteiger partial charge in [-0.05, 0) is 45.8 Å². The minimum Gasteiger partial charge on any atom is -0.348 e. The number of amides is 1. The summed E-state index contributed by atoms with van der Waals surface area (Å²) in [4.78, 5) is 12.9. The summed E-state index contributed by atoms with van der Waals surface area (Å²) in [7, 11) is 0. The van der Waals surface area contributed by atoms with E-state index in [0.29, 0.717) is 12.1 Å². The van der Waals surface area contributed by atoms with Gasteiger partial charge in [0.25, 0.3) is 5.91 Å². The molecular formula is C14H11Br2NOS. The standard InChI is InChI=1S/C14H11Br2NOS/c15-12-4-2-1-3-9(12)8-17-14(18)11-7-10(19)5-6-13(11)16/h1-7,19H,8H2,(H,17,18). The molecule has 5 heteroatoms. The maximum atomic E-state index is 12.1. The van der Waals surface area contributed by atoms with E-state index in [9.17, 15) is 4.79 Å². The Bertz CT molecular complexity index is 616. The zero-order chi connectivity index (χ0) is 13.8. The van der Waals surface area contributed by atoms with Crippen LogP contribution in [0.5, 0.6) is 0 Å². The lowest BCUT2D eigenvalue weighted by Gasteiger charge is -2.09. The topological polar surface area (TPSA) is 29.1 Å². The molecule has 0 radical (unpaired) electrons. The van der Waals surface area contributed by atoms with Crippen molar-refractivity contribution in [1.82, 2.24) is 5.32 Å². The maximum Gasteiger partial charge on any atom is 0.252 e. The summed E-state index contributed by atoms with van der Waals surface area (Å²) in [5, 5.41) is 2.89. The Morgan fingerprint density at radius 3 is 2.58 bits per heavy atom. The van der Waals surface area contributed by atoms with Crippen molar-refractivity contribution >= 4 is 50.4 Å². The van der Waals surface area contributed by atoms with E-state index in [1.807, 2.05) is 36.4 Å². The Kier molecular flexibility index (Phi) is 5.07. The largest absolute Gasteiger partial charge is 0.348 e. The van der Waals surface area contributed by atoms with Gasteiger partial charge in [0, 0.05) is 20.4 Å². The molecule has 0 bridgehead atoms. The van der Waals surface area contributed by atoms with Crippen LogP contribution in [0.4, 0.5) is 0 Å². The number of hydrogen-bond acceptors (Lipinski definition) is 2. The molecule has 2 aromatic rings. The summed E-state index contributed by atoms with van der Waals surface area (Å²) in [6.45, 7) is 0.476. The molecular weight excluding hydrogens is 390 g/mol. The van der Waals surface area contributed by atoms with Crippen LogP contribution in [0, 0.1) is 0 Å². The summed E-state index contributed by atoms with van der Waals surface area (Å²) in [5.41, 5.74) is 1.62. The van der Waals surface area contributed by atoms with Crippen molar-refractivity contribution in [3.8, 4) is 0 Å². The summed E-state index contributed by atoms with van der Waals surface area (Å²) in [6, 6.07) is 13.2. The number of hydrogen-bond donors (Lipinski definition) is 2. The zero-order valence-electron chi connectivity index (χ0n) is 9.86. The molecule has 0 aliphatic rings. The summed E-state index contributed by atoms with van der Waals surface area (Å²) >= 11 is 11.1. The van der Waals surface area contributed by atoms with Gasteiger partial charge in [-0.25, -0.2) is 0 Å². The minimum atomic E-state index is -0.126. The fourth-order valence-corrected chi connectivity index (χ4v) is 2.66. The number of halogens is 2. The Labute approximate surface area is 134 Å². The fourth-order valence-electron chi connectivity index (χ4n) is 1.60. The maximum absolute atomic E-state index is 12.1. The third-order valence-electron chi connectivity index (χ3n) is 2.59. The predicted octanol–water partition coefficient (Wildman–Crippen LogP) is 4.43. The first-order valence-corrected chi connectivity index (χ1v) is 7.61. The Balaban J connectivity index is 2.10. The minimum absolute atomic E-state index is 0.126. The van der Waals surface area contributed by atoms with Crippen molar-refractivity contribution in [3.05, 3.63) is 62.5 Å². The van der Waals surface area contributed by atoms with E-state index >= 15 is 0 Å². The molecule has 0 aliphatic carbocycles. The number of thiol groups is 1. The molecule has 0 fully saturated rings. The highest BCUT2D eigenvalue weighted by atomic mass is 79.9. The van der Waals surface area contributed by atoms with Gasteiger partial charge in [0.2, 0.25) is 0 Å². The Morgan fingerprint density at radius 2 is 1.84 bits per heavy atom. The van der Waals surface area contributed by atoms with Gasteiger partial charge < -0.3 is 5.32 Å². The van der Waals surface area contributed by atoms with E-state index < -0.39 is 0 Å². The normalized spacial score (nSPS) is 10.3. The van der Waals surface area contributed by atoms with Crippen molar-refractivity contribution in [2.24, 2.45) is 0 Å². The molecule has 2 rings (SSSR count). The van der Waals surface area contributed by atoms with Crippen LogP contribution in [0.15, 0.2) is 56.3 Å². The second-order valence-corrected chi connectivity index (χ2v) is 6.16. The van der Waals surface area contributed by atoms with Crippen LogP contribution in [-0.2, 0) is 6.54 Å². The zero-order valence-corrected chi connectivity index (χ0v) is 13.9. The lowest BCUT2D eigenvalue weighted by atomic mass is 10.2. The van der Waals surface area contributed by atoms with Crippen molar-refractivity contribution in [2.75, 3.05) is 0 Å². The molecule has 98 valence electrons. The quantitative estimate of drug-likeness (QED) is 0.733. The summed E-state index contributed by atoms with van der Waals surface area (Å²) in [5.74, 6) is -0.126. The SMILES string of the molecule is O=C(NCc1ccccc1Br)c1cc(S)ccc1Br. The molecule has 0 spiro atoms. The number of rotatable bonds is 3. The van der Waals surface area contributed by atoms with E-state index in [-0.39, 0.29) is 5.91 Å². The van der Waals surface area contributed by atoms with Crippen LogP contribution in [0.2, 0.25) is 0 Å². The summed E-state index contributed by atoms with van der Waals surface area (Å²) < 4.78 is 1.74. The van der Waals surface area contributed by atoms with E-state index in [4.69, 9.17) is 0 Å². The van der Waals surface area contributed by atoms with Gasteiger partial charge >= 0.3 is 0 Å². The van der Waals surface area contributed by atoms with Gasteiger partial charge in [-0.15, -0.1) is 12.6 Å². The Hall–Kier alpha value is -0.780. The predicted molar refractivity (Wildman–Crippen MR) is 86.7 cm³/mol. The van der Waals surface area contributed by atoms with Gasteiger partial charge in [0.05, 0.1) is 5.56 Å². The lowest BCUT2D eigenvalue weighted by Crippen LogP contribution is -2.23. The highest BCUT2D eigenvalue weighted by Gasteiger charge is 2.10. The van der Waals surface area contributed by atoms with Gasteiger partial charge in [-0.2, -0.15) is 0 Å². The van der Waals surface area contributed by atoms with Crippen molar-refractivity contribution in [2.45, 2.75) is 11.4 Å². The third kappa shape index (κ3) is 3.84. The van der Waals surface area contributed by atoms with Crippen molar-refractivity contribution in [1.29, 1.82) is 0 Å². The van der Waals surface area contributed by atoms with Gasteiger partial charge in [0.1, 0.15) is 0 Å². The Morgan fingerprint density at radius 1 is 1.11 bits per heavy atom. The molecule has 0 atom stereocenters. The third-order valence-corrected chi connectivity index (χ3v) is 4.34. The molecule has 19 heavy (non-hydrogen) atoms. The lowest BCUT2D eigenvalue weighted by molar-refractivity contribution is 0.0950. The van der Waals surface area contributed by atoms with Crippen LogP contribution in [0.3, 0.4) is 0 Å². The van der Waals surface area contributed by atoms with Gasteiger partial charge in [-0.1, -0.05) is 34.1 Å². The van der Waals surface area contributed by atoms with E-state index in [2.05, 4.69) is 49.8 Å². The molecule has 0 unspecified atom stereocenters. The smallest absolute Gasteiger partial charge is 0.252 e. The van der Waals surface area contributed by atoms with Gasteiger partial charge in [-0.3, -0.25) is 4.79 Å². The molecule has 0 heterocycles. The molecule has 0 saturated carbocycles. The molecule has 1 amide bonds. The van der Waals surface area contributed by atoms with Crippen LogP contribution < -0.4 is 5.32 Å². The molecule has 0 aromatic heterocycles. The van der Waals surface area contributed by atoms with Crippen LogP contribution in [0.25, 0.3) is 0 Å². The first kappa shape index (κ1) is 14.6. The first-order valence-electron chi connectivity index (χ1n) is 5.58. The number of benzene rings is 2. The first-order chi connectivity index (χ1) is 9.08. The number of nitrogens with one attached hydrogen (secondary N) is 1. The number of carbonyl (C=O) groups excluding carboxylic acids is 1. The van der Waals surface area contributed by atoms with E-state index in [1.54, 1.807) is 6.07 Å². The fraction of sp³-hybridized carbons (Fsp3) is 0.0714. The highest BCUT2D eigenvalue weighted by Crippen LogP contribution is 2.21. The number of carbonyl (C=O) groups is 1. The molecule has 0 saturated heterocycles. The second kappa shape index (κ2) is 6.59. The van der Waals surface area contributed by atoms with Crippen molar-refractivity contribution in [3.63, 3.8) is 0 Å². The highest BCUT2D eigenvalue weighted by molar-refractivity contribution is 9.10. The van der Waals surface area contributed by atoms with Crippen LogP contribution in [0.1, 0.15) is 15.9 Å². The van der Waals surface area contributed by atoms with E-state index in [0.717, 1.165) is 19.4 Å². The molecule has 1 N–H and O–H groups in total. The second-order valence-electron chi connectivity index (χ2n) is 3.94. The average Bonchev–Trinajstić information content (AvgIpc) is 2.40. The molecule has 2 aromatic carbocycles.